The van der Waals surface area contributed by atoms with Gasteiger partial charge < -0.3 is 10.1 Å². The predicted molar refractivity (Wildman–Crippen MR) is 209 cm³/mol. The minimum absolute atomic E-state index is 0.207. The van der Waals surface area contributed by atoms with E-state index in [9.17, 15) is 32.3 Å². The number of fused-ring (bicyclic) bond motifs is 4. The van der Waals surface area contributed by atoms with E-state index < -0.39 is 29.7 Å². The number of aryl methyl sites for hydroxylation is 1. The number of nitrogens with one attached hydrogen (secondary N) is 2. The summed E-state index contributed by atoms with van der Waals surface area (Å²) < 4.78 is 50.4. The topological polar surface area (TPSA) is 145 Å². The van der Waals surface area contributed by atoms with Crippen molar-refractivity contribution in [3.8, 4) is 5.75 Å². The van der Waals surface area contributed by atoms with Gasteiger partial charge in [-0.2, -0.15) is 18.3 Å². The number of piperidine rings is 2. The van der Waals surface area contributed by atoms with Crippen molar-refractivity contribution >= 4 is 45.3 Å². The first-order valence-corrected chi connectivity index (χ1v) is 20.1. The van der Waals surface area contributed by atoms with Gasteiger partial charge in [0.15, 0.2) is 0 Å². The molecule has 16 heteroatoms. The number of carbonyl (C=O) groups excluding carboxylic acids is 3. The lowest BCUT2D eigenvalue weighted by Crippen LogP contribution is -2.45. The van der Waals surface area contributed by atoms with Crippen LogP contribution in [0.3, 0.4) is 0 Å². The van der Waals surface area contributed by atoms with Crippen molar-refractivity contribution < 1.29 is 32.3 Å². The van der Waals surface area contributed by atoms with E-state index in [0.29, 0.717) is 47.3 Å². The van der Waals surface area contributed by atoms with E-state index in [1.165, 1.54) is 13.2 Å². The quantitative estimate of drug-likeness (QED) is 0.170. The van der Waals surface area contributed by atoms with Crippen LogP contribution in [0.25, 0.3) is 21.9 Å². The summed E-state index contributed by atoms with van der Waals surface area (Å²) in [5.41, 5.74) is 2.06. The standard InChI is InChI=1S/C42H45F3N8O5/c1-50-38-29(5-3-7-33(38)53(41(50)57)34-15-16-37(54)48-40(34)56)24-17-27-13-14-28(18-24)51(27)21-23-9-11-26(12-10-23)52-22-25-19-32(35(58-2)20-31(25)49-52)47-39(55)30-6-4-8-36(46-30)42(43,44)45/h3-8,19-20,22-24,26-28,34H,9-18,21H2,1-2H3,(H,47,55)(H,48,54,56)/t23?,24?,26?,27-,28+,34?. The molecular formula is C42H45F3N8O5. The molecule has 5 aromatic rings. The maximum Gasteiger partial charge on any atom is 0.433 e. The summed E-state index contributed by atoms with van der Waals surface area (Å²) in [6, 6.07) is 13.1. The van der Waals surface area contributed by atoms with E-state index in [4.69, 9.17) is 9.84 Å². The molecule has 13 nitrogen and oxygen atoms in total. The number of halogens is 3. The van der Waals surface area contributed by atoms with Gasteiger partial charge in [0.2, 0.25) is 11.8 Å². The van der Waals surface area contributed by atoms with Crippen molar-refractivity contribution in [3.05, 3.63) is 82.2 Å². The zero-order chi connectivity index (χ0) is 40.5. The number of carbonyl (C=O) groups is 3. The molecular weight excluding hydrogens is 754 g/mol. The molecule has 3 saturated heterocycles. The molecule has 2 N–H and O–H groups in total. The average molecular weight is 799 g/mol. The molecule has 2 bridgehead atoms. The SMILES string of the molecule is COc1cc2nn(C3CCC(CN4[C@@H]5CC[C@H]4CC(c4cccc6c4n(C)c(=O)n6C4CCC(=O)NC4=O)C5)CC3)cc2cc1NC(=O)c1cccc(C(F)(F)F)n1. The first-order valence-electron chi connectivity index (χ1n) is 20.1. The second-order valence-corrected chi connectivity index (χ2v) is 16.4. The lowest BCUT2D eigenvalue weighted by Gasteiger charge is -2.42. The molecule has 9 rings (SSSR count). The molecule has 0 radical (unpaired) electrons. The van der Waals surface area contributed by atoms with Gasteiger partial charge in [-0.25, -0.2) is 9.78 Å². The number of pyridine rings is 1. The Kier molecular flexibility index (Phi) is 9.64. The van der Waals surface area contributed by atoms with E-state index in [1.807, 2.05) is 23.0 Å². The van der Waals surface area contributed by atoms with Crippen LogP contribution in [0.2, 0.25) is 0 Å². The minimum Gasteiger partial charge on any atom is -0.494 e. The molecule has 3 amide bonds. The number of alkyl halides is 3. The second kappa shape index (κ2) is 14.7. The van der Waals surface area contributed by atoms with Crippen LogP contribution in [-0.2, 0) is 22.8 Å². The molecule has 2 unspecified atom stereocenters. The van der Waals surface area contributed by atoms with Crippen LogP contribution >= 0.6 is 0 Å². The fourth-order valence-electron chi connectivity index (χ4n) is 10.2. The van der Waals surface area contributed by atoms with Gasteiger partial charge in [0, 0.05) is 49.7 Å². The predicted octanol–water partition coefficient (Wildman–Crippen LogP) is 6.48. The molecule has 2 aromatic carbocycles. The van der Waals surface area contributed by atoms with E-state index in [0.717, 1.165) is 92.0 Å². The highest BCUT2D eigenvalue weighted by atomic mass is 19.4. The number of nitrogens with zero attached hydrogens (tertiary/aromatic N) is 6. The maximum absolute atomic E-state index is 13.6. The molecule has 304 valence electrons. The number of hydrogen-bond donors (Lipinski definition) is 2. The van der Waals surface area contributed by atoms with Crippen LogP contribution in [0.5, 0.6) is 5.75 Å². The molecule has 4 atom stereocenters. The van der Waals surface area contributed by atoms with Crippen molar-refractivity contribution in [1.82, 2.24) is 34.1 Å². The molecule has 6 heterocycles. The number of imide groups is 1. The van der Waals surface area contributed by atoms with Crippen LogP contribution in [0.1, 0.15) is 104 Å². The van der Waals surface area contributed by atoms with Gasteiger partial charge in [0.05, 0.1) is 35.4 Å². The van der Waals surface area contributed by atoms with Crippen molar-refractivity contribution in [2.45, 2.75) is 100 Å². The number of hydrogen-bond acceptors (Lipinski definition) is 8. The first-order chi connectivity index (χ1) is 27.9. The lowest BCUT2D eigenvalue weighted by atomic mass is 9.82. The molecule has 4 aliphatic rings. The molecule has 3 aromatic heterocycles. The average Bonchev–Trinajstić information content (AvgIpc) is 3.81. The fraction of sp³-hybridized carbons (Fsp3) is 0.476. The smallest absolute Gasteiger partial charge is 0.433 e. The summed E-state index contributed by atoms with van der Waals surface area (Å²) in [5, 5.41) is 10.7. The van der Waals surface area contributed by atoms with Gasteiger partial charge in [-0.05, 0) is 99.5 Å². The van der Waals surface area contributed by atoms with Crippen molar-refractivity contribution in [2.24, 2.45) is 13.0 Å². The molecule has 58 heavy (non-hydrogen) atoms. The molecule has 3 aliphatic heterocycles. The third-order valence-electron chi connectivity index (χ3n) is 13.0. The summed E-state index contributed by atoms with van der Waals surface area (Å²) in [6.45, 7) is 1.06. The number of aromatic nitrogens is 5. The number of anilines is 1. The lowest BCUT2D eigenvalue weighted by molar-refractivity contribution is -0.141. The highest BCUT2D eigenvalue weighted by Crippen LogP contribution is 2.46. The number of methoxy groups -OCH3 is 1. The first kappa shape index (κ1) is 38.0. The van der Waals surface area contributed by atoms with E-state index in [-0.39, 0.29) is 29.8 Å². The van der Waals surface area contributed by atoms with E-state index in [1.54, 1.807) is 28.3 Å². The van der Waals surface area contributed by atoms with Crippen LogP contribution in [0.15, 0.2) is 59.5 Å². The molecule has 1 saturated carbocycles. The third-order valence-corrected chi connectivity index (χ3v) is 13.0. The van der Waals surface area contributed by atoms with Gasteiger partial charge in [-0.15, -0.1) is 0 Å². The minimum atomic E-state index is -4.67. The number of benzene rings is 2. The van der Waals surface area contributed by atoms with Crippen LogP contribution in [-0.4, -0.2) is 72.3 Å². The normalized spacial score (nSPS) is 25.3. The Hall–Kier alpha value is -5.51. The van der Waals surface area contributed by atoms with Gasteiger partial charge in [0.1, 0.15) is 23.2 Å². The Bertz CT molecular complexity index is 2490. The number of rotatable bonds is 8. The number of para-hydroxylation sites is 1. The summed E-state index contributed by atoms with van der Waals surface area (Å²) in [7, 11) is 3.24. The number of amides is 3. The molecule has 1 aliphatic carbocycles. The Morgan fingerprint density at radius 1 is 0.948 bits per heavy atom. The molecule has 4 fully saturated rings. The largest absolute Gasteiger partial charge is 0.494 e. The Morgan fingerprint density at radius 2 is 1.67 bits per heavy atom. The van der Waals surface area contributed by atoms with E-state index >= 15 is 0 Å². The summed E-state index contributed by atoms with van der Waals surface area (Å²) >= 11 is 0. The van der Waals surface area contributed by atoms with Crippen molar-refractivity contribution in [1.29, 1.82) is 0 Å². The van der Waals surface area contributed by atoms with E-state index in [2.05, 4.69) is 26.6 Å². The zero-order valence-electron chi connectivity index (χ0n) is 32.3. The second-order valence-electron chi connectivity index (χ2n) is 16.4. The third kappa shape index (κ3) is 6.84. The Balaban J connectivity index is 0.845. The van der Waals surface area contributed by atoms with Gasteiger partial charge in [-0.3, -0.25) is 38.4 Å². The van der Waals surface area contributed by atoms with Gasteiger partial charge in [-0.1, -0.05) is 18.2 Å². The summed E-state index contributed by atoms with van der Waals surface area (Å²) in [5.74, 6) is -0.300. The van der Waals surface area contributed by atoms with Crippen LogP contribution < -0.4 is 21.1 Å². The van der Waals surface area contributed by atoms with Crippen LogP contribution in [0, 0.1) is 5.92 Å². The van der Waals surface area contributed by atoms with Gasteiger partial charge >= 0.3 is 11.9 Å². The highest BCUT2D eigenvalue weighted by molar-refractivity contribution is 6.05. The monoisotopic (exact) mass is 798 g/mol. The van der Waals surface area contributed by atoms with Crippen molar-refractivity contribution in [2.75, 3.05) is 19.0 Å². The number of ether oxygens (including phenoxy) is 1. The zero-order valence-corrected chi connectivity index (χ0v) is 32.3. The highest BCUT2D eigenvalue weighted by Gasteiger charge is 2.43. The number of imidazole rings is 1. The Labute approximate surface area is 331 Å². The Morgan fingerprint density at radius 3 is 2.38 bits per heavy atom. The fourth-order valence-corrected chi connectivity index (χ4v) is 10.2. The summed E-state index contributed by atoms with van der Waals surface area (Å²) in [4.78, 5) is 57.4. The van der Waals surface area contributed by atoms with Crippen molar-refractivity contribution in [3.63, 3.8) is 0 Å². The summed E-state index contributed by atoms with van der Waals surface area (Å²) in [6.07, 6.45) is 6.26. The van der Waals surface area contributed by atoms with Crippen LogP contribution in [0.4, 0.5) is 18.9 Å². The molecule has 0 spiro atoms. The van der Waals surface area contributed by atoms with Gasteiger partial charge in [0.25, 0.3) is 5.91 Å². The maximum atomic E-state index is 13.6.